The number of furan rings is 1. The third-order valence-electron chi connectivity index (χ3n) is 3.88. The molecule has 0 aliphatic heterocycles. The second-order valence-electron chi connectivity index (χ2n) is 5.24. The van der Waals surface area contributed by atoms with E-state index in [0.29, 0.717) is 0 Å². The number of hydrogen-bond acceptors (Lipinski definition) is 1. The molecule has 1 aromatic heterocycles. The summed E-state index contributed by atoms with van der Waals surface area (Å²) in [5, 5.41) is 0. The Balaban J connectivity index is 2.53. The molecule has 1 aromatic carbocycles. The average molecular weight is 335 g/mol. The largest absolute Gasteiger partial charge is 0.469 e. The lowest BCUT2D eigenvalue weighted by molar-refractivity contribution is 0.532. The van der Waals surface area contributed by atoms with E-state index in [4.69, 9.17) is 4.42 Å². The van der Waals surface area contributed by atoms with Crippen molar-refractivity contribution in [2.75, 3.05) is 0 Å². The SMILES string of the molecule is CCc1cc(CC)c(C(Br)c2coc(C)c2)c(CC)c1. The first kappa shape index (κ1) is 15.4. The second-order valence-corrected chi connectivity index (χ2v) is 6.16. The number of halogens is 1. The number of rotatable bonds is 5. The summed E-state index contributed by atoms with van der Waals surface area (Å²) in [6, 6.07) is 6.83. The maximum absolute atomic E-state index is 5.47. The smallest absolute Gasteiger partial charge is 0.101 e. The molecule has 0 saturated heterocycles. The Hall–Kier alpha value is -1.02. The minimum atomic E-state index is 0.218. The molecule has 1 nitrogen and oxygen atoms in total. The van der Waals surface area contributed by atoms with Gasteiger partial charge in [-0.3, -0.25) is 0 Å². The van der Waals surface area contributed by atoms with Gasteiger partial charge in [-0.25, -0.2) is 0 Å². The van der Waals surface area contributed by atoms with E-state index in [2.05, 4.69) is 54.9 Å². The summed E-state index contributed by atoms with van der Waals surface area (Å²) in [4.78, 5) is 0.218. The molecule has 0 radical (unpaired) electrons. The highest BCUT2D eigenvalue weighted by Crippen LogP contribution is 2.37. The van der Waals surface area contributed by atoms with Crippen molar-refractivity contribution in [2.24, 2.45) is 0 Å². The molecule has 1 atom stereocenters. The molecule has 1 heterocycles. The van der Waals surface area contributed by atoms with Crippen LogP contribution in [0.3, 0.4) is 0 Å². The second kappa shape index (κ2) is 6.62. The first-order chi connectivity index (χ1) is 9.60. The van der Waals surface area contributed by atoms with Crippen molar-refractivity contribution in [3.05, 3.63) is 58.0 Å². The minimum absolute atomic E-state index is 0.218. The fourth-order valence-electron chi connectivity index (χ4n) is 2.73. The quantitative estimate of drug-likeness (QED) is 0.633. The summed E-state index contributed by atoms with van der Waals surface area (Å²) >= 11 is 3.88. The van der Waals surface area contributed by atoms with Crippen LogP contribution in [0, 0.1) is 6.92 Å². The molecule has 0 aliphatic rings. The maximum Gasteiger partial charge on any atom is 0.101 e. The Morgan fingerprint density at radius 3 is 2.00 bits per heavy atom. The normalized spacial score (nSPS) is 12.7. The van der Waals surface area contributed by atoms with Gasteiger partial charge in [0, 0.05) is 5.56 Å². The van der Waals surface area contributed by atoms with E-state index in [1.165, 1.54) is 27.8 Å². The van der Waals surface area contributed by atoms with Crippen molar-refractivity contribution < 1.29 is 4.42 Å². The van der Waals surface area contributed by atoms with Gasteiger partial charge in [0.1, 0.15) is 5.76 Å². The standard InChI is InChI=1S/C18H23BrO/c1-5-13-9-14(6-2)17(15(7-3)10-13)18(19)16-8-12(4)20-11-16/h8-11,18H,5-7H2,1-4H3. The van der Waals surface area contributed by atoms with Crippen LogP contribution in [0.5, 0.6) is 0 Å². The van der Waals surface area contributed by atoms with Gasteiger partial charge in [0.2, 0.25) is 0 Å². The Morgan fingerprint density at radius 2 is 1.60 bits per heavy atom. The zero-order chi connectivity index (χ0) is 14.7. The first-order valence-electron chi connectivity index (χ1n) is 7.44. The van der Waals surface area contributed by atoms with Crippen molar-refractivity contribution in [3.8, 4) is 0 Å². The molecular weight excluding hydrogens is 312 g/mol. The lowest BCUT2D eigenvalue weighted by Gasteiger charge is -2.19. The molecule has 2 aromatic rings. The van der Waals surface area contributed by atoms with Crippen molar-refractivity contribution >= 4 is 15.9 Å². The van der Waals surface area contributed by atoms with Crippen molar-refractivity contribution in [3.63, 3.8) is 0 Å². The van der Waals surface area contributed by atoms with Gasteiger partial charge in [-0.1, -0.05) is 48.8 Å². The van der Waals surface area contributed by atoms with Crippen LogP contribution in [0.15, 0.2) is 28.9 Å². The van der Waals surface area contributed by atoms with Crippen LogP contribution in [0.4, 0.5) is 0 Å². The van der Waals surface area contributed by atoms with Crippen molar-refractivity contribution in [1.29, 1.82) is 0 Å². The third-order valence-corrected chi connectivity index (χ3v) is 4.86. The summed E-state index contributed by atoms with van der Waals surface area (Å²) < 4.78 is 5.47. The Kier molecular flexibility index (Phi) is 5.09. The molecule has 0 amide bonds. The van der Waals surface area contributed by atoms with Crippen LogP contribution in [-0.2, 0) is 19.3 Å². The first-order valence-corrected chi connectivity index (χ1v) is 8.35. The summed E-state index contributed by atoms with van der Waals surface area (Å²) in [5.41, 5.74) is 6.96. The lowest BCUT2D eigenvalue weighted by Crippen LogP contribution is -2.04. The predicted molar refractivity (Wildman–Crippen MR) is 88.8 cm³/mol. The molecule has 0 aliphatic carbocycles. The van der Waals surface area contributed by atoms with Crippen LogP contribution in [0.25, 0.3) is 0 Å². The molecule has 108 valence electrons. The van der Waals surface area contributed by atoms with E-state index >= 15 is 0 Å². The van der Waals surface area contributed by atoms with E-state index in [1.807, 2.05) is 13.2 Å². The van der Waals surface area contributed by atoms with Gasteiger partial charge in [0.25, 0.3) is 0 Å². The van der Waals surface area contributed by atoms with Gasteiger partial charge in [-0.2, -0.15) is 0 Å². The lowest BCUT2D eigenvalue weighted by atomic mass is 9.90. The fourth-order valence-corrected chi connectivity index (χ4v) is 3.56. The minimum Gasteiger partial charge on any atom is -0.469 e. The van der Waals surface area contributed by atoms with E-state index < -0.39 is 0 Å². The van der Waals surface area contributed by atoms with Gasteiger partial charge in [-0.15, -0.1) is 0 Å². The molecule has 20 heavy (non-hydrogen) atoms. The van der Waals surface area contributed by atoms with Gasteiger partial charge >= 0.3 is 0 Å². The Labute approximate surface area is 130 Å². The molecule has 0 N–H and O–H groups in total. The highest BCUT2D eigenvalue weighted by molar-refractivity contribution is 9.09. The number of aryl methyl sites for hydroxylation is 4. The summed E-state index contributed by atoms with van der Waals surface area (Å²) in [7, 11) is 0. The van der Waals surface area contributed by atoms with Gasteiger partial charge in [0.05, 0.1) is 11.1 Å². The van der Waals surface area contributed by atoms with Gasteiger partial charge in [0.15, 0.2) is 0 Å². The van der Waals surface area contributed by atoms with Crippen LogP contribution < -0.4 is 0 Å². The molecule has 0 bridgehead atoms. The average Bonchev–Trinajstić information content (AvgIpc) is 2.91. The van der Waals surface area contributed by atoms with E-state index in [0.717, 1.165) is 25.0 Å². The highest BCUT2D eigenvalue weighted by atomic mass is 79.9. The summed E-state index contributed by atoms with van der Waals surface area (Å²) in [6.07, 6.45) is 5.09. The van der Waals surface area contributed by atoms with Crippen LogP contribution >= 0.6 is 15.9 Å². The third kappa shape index (κ3) is 3.01. The van der Waals surface area contributed by atoms with E-state index in [-0.39, 0.29) is 4.83 Å². The molecule has 1 unspecified atom stereocenters. The predicted octanol–water partition coefficient (Wildman–Crippen LogP) is 5.76. The maximum atomic E-state index is 5.47. The van der Waals surface area contributed by atoms with Crippen LogP contribution in [0.2, 0.25) is 0 Å². The number of benzene rings is 1. The molecular formula is C18H23BrO. The van der Waals surface area contributed by atoms with E-state index in [9.17, 15) is 0 Å². The zero-order valence-corrected chi connectivity index (χ0v) is 14.4. The van der Waals surface area contributed by atoms with Crippen LogP contribution in [-0.4, -0.2) is 0 Å². The monoisotopic (exact) mass is 334 g/mol. The Bertz CT molecular complexity index is 558. The Morgan fingerprint density at radius 1 is 1.00 bits per heavy atom. The fraction of sp³-hybridized carbons (Fsp3) is 0.444. The highest BCUT2D eigenvalue weighted by Gasteiger charge is 2.19. The van der Waals surface area contributed by atoms with Gasteiger partial charge in [-0.05, 0) is 54.5 Å². The molecule has 2 rings (SSSR count). The molecule has 0 spiro atoms. The van der Waals surface area contributed by atoms with Crippen molar-refractivity contribution in [1.82, 2.24) is 0 Å². The van der Waals surface area contributed by atoms with Crippen molar-refractivity contribution in [2.45, 2.75) is 51.8 Å². The van der Waals surface area contributed by atoms with Crippen LogP contribution in [0.1, 0.15) is 59.2 Å². The summed E-state index contributed by atoms with van der Waals surface area (Å²) in [6.45, 7) is 8.68. The molecule has 0 fully saturated rings. The van der Waals surface area contributed by atoms with E-state index in [1.54, 1.807) is 0 Å². The number of alkyl halides is 1. The molecule has 0 saturated carbocycles. The summed E-state index contributed by atoms with van der Waals surface area (Å²) in [5.74, 6) is 0.964. The molecule has 2 heteroatoms. The zero-order valence-electron chi connectivity index (χ0n) is 12.8. The topological polar surface area (TPSA) is 13.1 Å². The number of hydrogen-bond donors (Lipinski definition) is 0. The van der Waals surface area contributed by atoms with Gasteiger partial charge < -0.3 is 4.42 Å².